The molecular formula is C19H32F4O6. The van der Waals surface area contributed by atoms with Crippen LogP contribution >= 0.6 is 0 Å². The molecule has 0 bridgehead atoms. The van der Waals surface area contributed by atoms with E-state index in [4.69, 9.17) is 24.1 Å². The van der Waals surface area contributed by atoms with Gasteiger partial charge in [0, 0.05) is 13.0 Å². The lowest BCUT2D eigenvalue weighted by molar-refractivity contribution is -0.138. The Morgan fingerprint density at radius 3 is 1.66 bits per heavy atom. The summed E-state index contributed by atoms with van der Waals surface area (Å²) in [7, 11) is 0. The molecule has 0 spiro atoms. The second-order valence-electron chi connectivity index (χ2n) is 6.96. The zero-order valence-corrected chi connectivity index (χ0v) is 17.6. The molecule has 172 valence electrons. The van der Waals surface area contributed by atoms with Crippen LogP contribution in [0.5, 0.6) is 0 Å². The van der Waals surface area contributed by atoms with Crippen LogP contribution < -0.4 is 0 Å². The van der Waals surface area contributed by atoms with Crippen molar-refractivity contribution in [2.75, 3.05) is 26.4 Å². The van der Waals surface area contributed by atoms with Crippen molar-refractivity contribution in [1.82, 2.24) is 0 Å². The molecule has 1 N–H and O–H groups in total. The lowest BCUT2D eigenvalue weighted by atomic mass is 10.0. The fraction of sp³-hybridized carbons (Fsp3) is 0.842. The number of aliphatic carboxylic acids is 1. The van der Waals surface area contributed by atoms with Crippen molar-refractivity contribution in [3.63, 3.8) is 0 Å². The lowest BCUT2D eigenvalue weighted by Crippen LogP contribution is -2.32. The van der Waals surface area contributed by atoms with Gasteiger partial charge in [-0.25, -0.2) is 13.6 Å². The van der Waals surface area contributed by atoms with E-state index in [1.54, 1.807) is 6.92 Å². The van der Waals surface area contributed by atoms with E-state index in [2.05, 4.69) is 0 Å². The molecule has 0 aliphatic heterocycles. The maximum Gasteiger partial charge on any atom is 0.343 e. The first-order valence-electron chi connectivity index (χ1n) is 9.53. The highest BCUT2D eigenvalue weighted by molar-refractivity contribution is 5.88. The maximum atomic E-state index is 13.8. The Balaban J connectivity index is 4.26. The second kappa shape index (κ2) is 13.9. The Morgan fingerprint density at radius 2 is 1.28 bits per heavy atom. The number of rotatable bonds is 16. The molecule has 10 heteroatoms. The molecule has 0 aromatic carbocycles. The third kappa shape index (κ3) is 12.1. The van der Waals surface area contributed by atoms with Crippen molar-refractivity contribution in [1.29, 1.82) is 0 Å². The van der Waals surface area contributed by atoms with E-state index in [0.29, 0.717) is 13.2 Å². The van der Waals surface area contributed by atoms with Crippen molar-refractivity contribution in [3.8, 4) is 0 Å². The van der Waals surface area contributed by atoms with Crippen molar-refractivity contribution in [3.05, 3.63) is 11.7 Å². The smallest absolute Gasteiger partial charge is 0.343 e. The molecule has 29 heavy (non-hydrogen) atoms. The van der Waals surface area contributed by atoms with Crippen LogP contribution in [-0.2, 0) is 23.7 Å². The molecule has 6 nitrogen and oxygen atoms in total. The normalized spacial score (nSPS) is 16.2. The van der Waals surface area contributed by atoms with Gasteiger partial charge in [0.15, 0.2) is 5.57 Å². The molecule has 0 saturated heterocycles. The van der Waals surface area contributed by atoms with Crippen LogP contribution in [0.25, 0.3) is 0 Å². The molecule has 0 saturated carbocycles. The third-order valence-electron chi connectivity index (χ3n) is 3.77. The quantitative estimate of drug-likeness (QED) is 0.290. The number of carboxylic acids is 1. The van der Waals surface area contributed by atoms with Crippen LogP contribution in [0.4, 0.5) is 17.6 Å². The van der Waals surface area contributed by atoms with E-state index < -0.39 is 42.2 Å². The largest absolute Gasteiger partial charge is 0.478 e. The number of alkyl halides is 2. The summed E-state index contributed by atoms with van der Waals surface area (Å²) in [6.45, 7) is 9.88. The first kappa shape index (κ1) is 27.8. The van der Waals surface area contributed by atoms with Gasteiger partial charge in [0.1, 0.15) is 0 Å². The summed E-state index contributed by atoms with van der Waals surface area (Å²) in [5.41, 5.74) is -2.21. The Kier molecular flexibility index (Phi) is 13.3. The van der Waals surface area contributed by atoms with E-state index in [0.717, 1.165) is 6.42 Å². The van der Waals surface area contributed by atoms with E-state index >= 15 is 0 Å². The minimum Gasteiger partial charge on any atom is -0.478 e. The van der Waals surface area contributed by atoms with Crippen LogP contribution in [-0.4, -0.2) is 67.8 Å². The molecule has 0 fully saturated rings. The van der Waals surface area contributed by atoms with Crippen molar-refractivity contribution >= 4 is 5.97 Å². The van der Waals surface area contributed by atoms with Crippen molar-refractivity contribution in [2.24, 2.45) is 0 Å². The fourth-order valence-corrected chi connectivity index (χ4v) is 2.26. The van der Waals surface area contributed by atoms with Crippen LogP contribution in [0.2, 0.25) is 0 Å². The van der Waals surface area contributed by atoms with Crippen LogP contribution in [0.15, 0.2) is 11.7 Å². The molecule has 0 aromatic heterocycles. The number of halogens is 4. The first-order valence-corrected chi connectivity index (χ1v) is 9.53. The summed E-state index contributed by atoms with van der Waals surface area (Å²) >= 11 is 0. The zero-order valence-electron chi connectivity index (χ0n) is 17.6. The summed E-state index contributed by atoms with van der Waals surface area (Å²) in [6.07, 6.45) is -5.07. The fourth-order valence-electron chi connectivity index (χ4n) is 2.26. The van der Waals surface area contributed by atoms with E-state index in [1.807, 2.05) is 20.8 Å². The number of carbonyl (C=O) groups is 1. The van der Waals surface area contributed by atoms with Gasteiger partial charge >= 0.3 is 5.97 Å². The molecule has 0 radical (unpaired) electrons. The molecule has 0 aliphatic rings. The number of carboxylic acid groups (broad SMARTS) is 1. The molecule has 4 unspecified atom stereocenters. The number of ether oxygens (including phenoxy) is 4. The molecule has 0 aliphatic carbocycles. The highest BCUT2D eigenvalue weighted by atomic mass is 19.3. The summed E-state index contributed by atoms with van der Waals surface area (Å²) in [4.78, 5) is 10.6. The molecule has 0 amide bonds. The SMILES string of the molecule is CCCOC(C)COC(C)COC(C)COC(C)CC(F)(F)C(C(=O)O)=C(F)F. The van der Waals surface area contributed by atoms with Crippen LogP contribution in [0.3, 0.4) is 0 Å². The predicted molar refractivity (Wildman–Crippen MR) is 98.4 cm³/mol. The Hall–Kier alpha value is -1.23. The highest BCUT2D eigenvalue weighted by Gasteiger charge is 2.44. The van der Waals surface area contributed by atoms with Gasteiger partial charge in [-0.05, 0) is 34.1 Å². The second-order valence-corrected chi connectivity index (χ2v) is 6.96. The molecular weight excluding hydrogens is 400 g/mol. The maximum absolute atomic E-state index is 13.8. The number of hydrogen-bond donors (Lipinski definition) is 1. The summed E-state index contributed by atoms with van der Waals surface area (Å²) in [5.74, 6) is -6.57. The Morgan fingerprint density at radius 1 is 0.862 bits per heavy atom. The standard InChI is InChI=1S/C19H32F4O6/c1-6-7-26-13(3)9-28-15(5)11-29-14(4)10-27-12(2)8-19(22,23)16(17(20)21)18(24)25/h12-15H,6-11H2,1-5H3,(H,24,25). The minimum absolute atomic E-state index is 0.0421. The Labute approximate surface area is 169 Å². The van der Waals surface area contributed by atoms with Gasteiger partial charge < -0.3 is 24.1 Å². The van der Waals surface area contributed by atoms with Gasteiger partial charge in [0.2, 0.25) is 0 Å². The van der Waals surface area contributed by atoms with Crippen molar-refractivity contribution in [2.45, 2.75) is 77.8 Å². The molecule has 4 atom stereocenters. The summed E-state index contributed by atoms with van der Waals surface area (Å²) in [6, 6.07) is 0. The van der Waals surface area contributed by atoms with E-state index in [-0.39, 0.29) is 25.4 Å². The number of hydrogen-bond acceptors (Lipinski definition) is 5. The molecule has 0 heterocycles. The van der Waals surface area contributed by atoms with Gasteiger partial charge in [-0.3, -0.25) is 0 Å². The highest BCUT2D eigenvalue weighted by Crippen LogP contribution is 2.33. The molecule has 0 aromatic rings. The average molecular weight is 432 g/mol. The first-order chi connectivity index (χ1) is 13.4. The zero-order chi connectivity index (χ0) is 22.6. The molecule has 0 rings (SSSR count). The monoisotopic (exact) mass is 432 g/mol. The topological polar surface area (TPSA) is 74.2 Å². The minimum atomic E-state index is -4.22. The van der Waals surface area contributed by atoms with Crippen molar-refractivity contribution < 1.29 is 46.4 Å². The van der Waals surface area contributed by atoms with Gasteiger partial charge in [-0.2, -0.15) is 8.78 Å². The van der Waals surface area contributed by atoms with Gasteiger partial charge in [-0.15, -0.1) is 0 Å². The van der Waals surface area contributed by atoms with Gasteiger partial charge in [0.05, 0.1) is 44.2 Å². The van der Waals surface area contributed by atoms with Gasteiger partial charge in [-0.1, -0.05) is 6.92 Å². The van der Waals surface area contributed by atoms with Crippen LogP contribution in [0, 0.1) is 0 Å². The predicted octanol–water partition coefficient (Wildman–Crippen LogP) is 4.28. The van der Waals surface area contributed by atoms with E-state index in [9.17, 15) is 22.4 Å². The van der Waals surface area contributed by atoms with E-state index in [1.165, 1.54) is 6.92 Å². The summed E-state index contributed by atoms with van der Waals surface area (Å²) in [5, 5.41) is 8.55. The third-order valence-corrected chi connectivity index (χ3v) is 3.77. The lowest BCUT2D eigenvalue weighted by Gasteiger charge is -2.23. The summed E-state index contributed by atoms with van der Waals surface area (Å²) < 4.78 is 74.4. The van der Waals surface area contributed by atoms with Gasteiger partial charge in [0.25, 0.3) is 12.0 Å². The average Bonchev–Trinajstić information content (AvgIpc) is 2.59. The Bertz CT molecular complexity index is 511. The van der Waals surface area contributed by atoms with Crippen LogP contribution in [0.1, 0.15) is 47.5 Å².